The van der Waals surface area contributed by atoms with Gasteiger partial charge in [0.25, 0.3) is 0 Å². The molecule has 1 aliphatic heterocycles. The van der Waals surface area contributed by atoms with E-state index in [4.69, 9.17) is 0 Å². The van der Waals surface area contributed by atoms with Gasteiger partial charge in [0.1, 0.15) is 0 Å². The Labute approximate surface area is 115 Å². The molecule has 1 aromatic heterocycles. The second-order valence-electron chi connectivity index (χ2n) is 5.12. The SMILES string of the molecule is CCCS(=O)(=O)N1CCC[C@H]1CCc1ccncc1. The molecule has 0 amide bonds. The lowest BCUT2D eigenvalue weighted by molar-refractivity contribution is 0.370. The van der Waals surface area contributed by atoms with Gasteiger partial charge in [0, 0.05) is 25.0 Å². The van der Waals surface area contributed by atoms with E-state index in [1.165, 1.54) is 5.56 Å². The summed E-state index contributed by atoms with van der Waals surface area (Å²) in [4.78, 5) is 4.00. The zero-order chi connectivity index (χ0) is 13.7. The van der Waals surface area contributed by atoms with Crippen molar-refractivity contribution in [3.63, 3.8) is 0 Å². The third-order valence-electron chi connectivity index (χ3n) is 3.66. The van der Waals surface area contributed by atoms with Crippen molar-refractivity contribution in [2.75, 3.05) is 12.3 Å². The highest BCUT2D eigenvalue weighted by Crippen LogP contribution is 2.25. The Morgan fingerprint density at radius 3 is 2.79 bits per heavy atom. The van der Waals surface area contributed by atoms with Crippen LogP contribution in [0.2, 0.25) is 0 Å². The number of aryl methyl sites for hydroxylation is 1. The number of aromatic nitrogens is 1. The van der Waals surface area contributed by atoms with Crippen LogP contribution >= 0.6 is 0 Å². The quantitative estimate of drug-likeness (QED) is 0.804. The molecule has 0 unspecified atom stereocenters. The van der Waals surface area contributed by atoms with Crippen molar-refractivity contribution in [3.05, 3.63) is 30.1 Å². The minimum Gasteiger partial charge on any atom is -0.265 e. The topological polar surface area (TPSA) is 50.3 Å². The van der Waals surface area contributed by atoms with E-state index >= 15 is 0 Å². The zero-order valence-corrected chi connectivity index (χ0v) is 12.3. The smallest absolute Gasteiger partial charge is 0.214 e. The molecule has 1 atom stereocenters. The van der Waals surface area contributed by atoms with Gasteiger partial charge in [-0.2, -0.15) is 4.31 Å². The molecule has 5 heteroatoms. The van der Waals surface area contributed by atoms with E-state index in [1.807, 2.05) is 19.1 Å². The van der Waals surface area contributed by atoms with Crippen LogP contribution in [-0.4, -0.2) is 36.0 Å². The van der Waals surface area contributed by atoms with Gasteiger partial charge in [0.15, 0.2) is 0 Å². The molecule has 2 rings (SSSR count). The highest BCUT2D eigenvalue weighted by Gasteiger charge is 2.32. The Hall–Kier alpha value is -0.940. The van der Waals surface area contributed by atoms with Crippen LogP contribution in [0, 0.1) is 0 Å². The van der Waals surface area contributed by atoms with Crippen molar-refractivity contribution in [2.45, 2.75) is 45.1 Å². The van der Waals surface area contributed by atoms with Crippen LogP contribution in [0.3, 0.4) is 0 Å². The number of rotatable bonds is 6. The summed E-state index contributed by atoms with van der Waals surface area (Å²) in [5.41, 5.74) is 1.23. The second-order valence-corrected chi connectivity index (χ2v) is 7.16. The normalized spacial score (nSPS) is 20.8. The molecule has 0 aromatic carbocycles. The van der Waals surface area contributed by atoms with Crippen molar-refractivity contribution >= 4 is 10.0 Å². The number of nitrogens with zero attached hydrogens (tertiary/aromatic N) is 2. The van der Waals surface area contributed by atoms with Crippen molar-refractivity contribution in [3.8, 4) is 0 Å². The molecule has 1 saturated heterocycles. The summed E-state index contributed by atoms with van der Waals surface area (Å²) in [5, 5.41) is 0. The Balaban J connectivity index is 1.96. The maximum atomic E-state index is 12.2. The molecule has 0 N–H and O–H groups in total. The Bertz CT molecular complexity index is 487. The van der Waals surface area contributed by atoms with Crippen LogP contribution in [0.5, 0.6) is 0 Å². The summed E-state index contributed by atoms with van der Waals surface area (Å²) in [5.74, 6) is 0.277. The largest absolute Gasteiger partial charge is 0.265 e. The summed E-state index contributed by atoms with van der Waals surface area (Å²) in [6.45, 7) is 2.61. The molecular weight excluding hydrogens is 260 g/mol. The number of hydrogen-bond acceptors (Lipinski definition) is 3. The molecule has 0 spiro atoms. The molecule has 1 aromatic rings. The van der Waals surface area contributed by atoms with Gasteiger partial charge in [-0.25, -0.2) is 8.42 Å². The first-order chi connectivity index (χ1) is 9.13. The Morgan fingerprint density at radius 1 is 1.37 bits per heavy atom. The summed E-state index contributed by atoms with van der Waals surface area (Å²) in [7, 11) is -3.04. The molecule has 19 heavy (non-hydrogen) atoms. The lowest BCUT2D eigenvalue weighted by atomic mass is 10.1. The monoisotopic (exact) mass is 282 g/mol. The molecule has 106 valence electrons. The first-order valence-electron chi connectivity index (χ1n) is 7.02. The van der Waals surface area contributed by atoms with E-state index in [0.717, 1.165) is 25.7 Å². The van der Waals surface area contributed by atoms with Crippen molar-refractivity contribution < 1.29 is 8.42 Å². The lowest BCUT2D eigenvalue weighted by Crippen LogP contribution is -2.37. The van der Waals surface area contributed by atoms with E-state index in [0.29, 0.717) is 13.0 Å². The first kappa shape index (κ1) is 14.5. The van der Waals surface area contributed by atoms with Gasteiger partial charge in [0.2, 0.25) is 10.0 Å². The third kappa shape index (κ3) is 3.76. The van der Waals surface area contributed by atoms with E-state index in [2.05, 4.69) is 4.98 Å². The molecule has 1 fully saturated rings. The molecule has 0 bridgehead atoms. The molecular formula is C14H22N2O2S. The van der Waals surface area contributed by atoms with Crippen LogP contribution in [-0.2, 0) is 16.4 Å². The molecule has 0 radical (unpaired) electrons. The van der Waals surface area contributed by atoms with Gasteiger partial charge in [-0.1, -0.05) is 6.92 Å². The fraction of sp³-hybridized carbons (Fsp3) is 0.643. The number of hydrogen-bond donors (Lipinski definition) is 0. The fourth-order valence-corrected chi connectivity index (χ4v) is 4.54. The van der Waals surface area contributed by atoms with Crippen molar-refractivity contribution in [1.29, 1.82) is 0 Å². The van der Waals surface area contributed by atoms with Crippen LogP contribution < -0.4 is 0 Å². The zero-order valence-electron chi connectivity index (χ0n) is 11.5. The minimum absolute atomic E-state index is 0.185. The summed E-state index contributed by atoms with van der Waals surface area (Å²) in [6.07, 6.45) is 8.08. The molecule has 0 aliphatic carbocycles. The average molecular weight is 282 g/mol. The maximum Gasteiger partial charge on any atom is 0.214 e. The van der Waals surface area contributed by atoms with Crippen molar-refractivity contribution in [2.24, 2.45) is 0 Å². The predicted molar refractivity (Wildman–Crippen MR) is 76.4 cm³/mol. The second kappa shape index (κ2) is 6.48. The standard InChI is InChI=1S/C14H22N2O2S/c1-2-12-19(17,18)16-11-3-4-14(16)6-5-13-7-9-15-10-8-13/h7-10,14H,2-6,11-12H2,1H3/t14-/m0/s1. The van der Waals surface area contributed by atoms with Gasteiger partial charge in [-0.3, -0.25) is 4.98 Å². The van der Waals surface area contributed by atoms with Gasteiger partial charge in [-0.15, -0.1) is 0 Å². The van der Waals surface area contributed by atoms with Crippen LogP contribution in [0.15, 0.2) is 24.5 Å². The highest BCUT2D eigenvalue weighted by atomic mass is 32.2. The first-order valence-corrected chi connectivity index (χ1v) is 8.63. The average Bonchev–Trinajstić information content (AvgIpc) is 2.87. The van der Waals surface area contributed by atoms with E-state index < -0.39 is 10.0 Å². The van der Waals surface area contributed by atoms with Gasteiger partial charge in [0.05, 0.1) is 5.75 Å². The minimum atomic E-state index is -3.04. The Morgan fingerprint density at radius 2 is 2.11 bits per heavy atom. The van der Waals surface area contributed by atoms with Crippen molar-refractivity contribution in [1.82, 2.24) is 9.29 Å². The third-order valence-corrected chi connectivity index (χ3v) is 5.78. The summed E-state index contributed by atoms with van der Waals surface area (Å²) in [6, 6.07) is 4.18. The highest BCUT2D eigenvalue weighted by molar-refractivity contribution is 7.89. The summed E-state index contributed by atoms with van der Waals surface area (Å²) < 4.78 is 26.1. The van der Waals surface area contributed by atoms with E-state index in [-0.39, 0.29) is 11.8 Å². The van der Waals surface area contributed by atoms with Crippen LogP contribution in [0.4, 0.5) is 0 Å². The van der Waals surface area contributed by atoms with Gasteiger partial charge in [-0.05, 0) is 49.8 Å². The molecule has 2 heterocycles. The van der Waals surface area contributed by atoms with Gasteiger partial charge >= 0.3 is 0 Å². The van der Waals surface area contributed by atoms with E-state index in [9.17, 15) is 8.42 Å². The Kier molecular flexibility index (Phi) is 4.93. The van der Waals surface area contributed by atoms with E-state index in [1.54, 1.807) is 16.7 Å². The van der Waals surface area contributed by atoms with Crippen LogP contribution in [0.25, 0.3) is 0 Å². The summed E-state index contributed by atoms with van der Waals surface area (Å²) >= 11 is 0. The lowest BCUT2D eigenvalue weighted by Gasteiger charge is -2.23. The number of sulfonamides is 1. The maximum absolute atomic E-state index is 12.2. The molecule has 4 nitrogen and oxygen atoms in total. The molecule has 0 saturated carbocycles. The number of pyridine rings is 1. The van der Waals surface area contributed by atoms with Crippen LogP contribution in [0.1, 0.15) is 38.2 Å². The predicted octanol–water partition coefficient (Wildman–Crippen LogP) is 2.22. The fourth-order valence-electron chi connectivity index (χ4n) is 2.72. The van der Waals surface area contributed by atoms with Gasteiger partial charge < -0.3 is 0 Å². The molecule has 1 aliphatic rings.